The van der Waals surface area contributed by atoms with Crippen molar-refractivity contribution in [2.75, 3.05) is 6.61 Å². The molecule has 15 heavy (non-hydrogen) atoms. The fraction of sp³-hybridized carbons (Fsp3) is 0.429. The zero-order valence-corrected chi connectivity index (χ0v) is 9.54. The number of unbranched alkanes of at least 4 members (excludes halogenated alkanes) is 2. The molecule has 0 fully saturated rings. The third-order valence-corrected chi connectivity index (χ3v) is 2.32. The summed E-state index contributed by atoms with van der Waals surface area (Å²) in [4.78, 5) is 0. The molecule has 0 aromatic heterocycles. The van der Waals surface area contributed by atoms with Crippen LogP contribution >= 0.6 is 0 Å². The van der Waals surface area contributed by atoms with Crippen LogP contribution in [0.3, 0.4) is 0 Å². The minimum absolute atomic E-state index is 0.828. The van der Waals surface area contributed by atoms with Crippen molar-refractivity contribution >= 4 is 0 Å². The van der Waals surface area contributed by atoms with Crippen LogP contribution in [0.1, 0.15) is 31.7 Å². The highest BCUT2D eigenvalue weighted by atomic mass is 16.5. The van der Waals surface area contributed by atoms with Gasteiger partial charge in [0.1, 0.15) is 5.75 Å². The largest absolute Gasteiger partial charge is 0.494 e. The molecule has 0 heterocycles. The van der Waals surface area contributed by atoms with E-state index < -0.39 is 0 Å². The monoisotopic (exact) mass is 204 g/mol. The summed E-state index contributed by atoms with van der Waals surface area (Å²) in [7, 11) is 0. The lowest BCUT2D eigenvalue weighted by molar-refractivity contribution is 0.306. The van der Waals surface area contributed by atoms with E-state index in [0.717, 1.165) is 25.2 Å². The van der Waals surface area contributed by atoms with Gasteiger partial charge in [-0.25, -0.2) is 0 Å². The van der Waals surface area contributed by atoms with Crippen LogP contribution in [0.25, 0.3) is 0 Å². The Kier molecular flexibility index (Phi) is 5.60. The number of hydrogen-bond donors (Lipinski definition) is 0. The third kappa shape index (κ3) is 4.68. The van der Waals surface area contributed by atoms with E-state index in [1.807, 2.05) is 18.2 Å². The van der Waals surface area contributed by atoms with E-state index in [4.69, 9.17) is 4.74 Å². The smallest absolute Gasteiger partial charge is 0.119 e. The summed E-state index contributed by atoms with van der Waals surface area (Å²) in [6.45, 7) is 6.74. The second-order valence-corrected chi connectivity index (χ2v) is 3.69. The predicted octanol–water partition coefficient (Wildman–Crippen LogP) is 3.98. The zero-order chi connectivity index (χ0) is 10.9. The Morgan fingerprint density at radius 1 is 1.20 bits per heavy atom. The van der Waals surface area contributed by atoms with Crippen molar-refractivity contribution < 1.29 is 4.74 Å². The Hall–Kier alpha value is -1.24. The van der Waals surface area contributed by atoms with E-state index in [0.29, 0.717) is 0 Å². The first-order chi connectivity index (χ1) is 7.36. The van der Waals surface area contributed by atoms with E-state index in [1.165, 1.54) is 18.4 Å². The highest BCUT2D eigenvalue weighted by Gasteiger charge is 1.94. The molecule has 0 saturated carbocycles. The molecular formula is C14H20O. The molecule has 82 valence electrons. The highest BCUT2D eigenvalue weighted by molar-refractivity contribution is 5.28. The van der Waals surface area contributed by atoms with Gasteiger partial charge in [0.05, 0.1) is 6.61 Å². The maximum atomic E-state index is 5.62. The molecule has 1 aromatic rings. The average Bonchev–Trinajstić information content (AvgIpc) is 2.27. The maximum Gasteiger partial charge on any atom is 0.119 e. The molecule has 1 nitrogen and oxygen atoms in total. The molecular weight excluding hydrogens is 184 g/mol. The lowest BCUT2D eigenvalue weighted by atomic mass is 10.1. The summed E-state index contributed by atoms with van der Waals surface area (Å²) in [5.74, 6) is 0.971. The van der Waals surface area contributed by atoms with E-state index in [1.54, 1.807) is 0 Å². The molecule has 1 rings (SSSR count). The molecule has 0 aliphatic rings. The van der Waals surface area contributed by atoms with Gasteiger partial charge < -0.3 is 4.74 Å². The lowest BCUT2D eigenvalue weighted by Crippen LogP contribution is -1.96. The molecule has 0 aliphatic heterocycles. The van der Waals surface area contributed by atoms with Crippen molar-refractivity contribution in [3.05, 3.63) is 42.5 Å². The van der Waals surface area contributed by atoms with Crippen LogP contribution in [0.5, 0.6) is 5.75 Å². The van der Waals surface area contributed by atoms with Crippen LogP contribution in [0.2, 0.25) is 0 Å². The molecule has 0 radical (unpaired) electrons. The molecule has 0 atom stereocenters. The Morgan fingerprint density at radius 2 is 1.93 bits per heavy atom. The van der Waals surface area contributed by atoms with Crippen molar-refractivity contribution in [3.63, 3.8) is 0 Å². The summed E-state index contributed by atoms with van der Waals surface area (Å²) in [6.07, 6.45) is 6.47. The summed E-state index contributed by atoms with van der Waals surface area (Å²) in [6, 6.07) is 8.25. The molecule has 0 amide bonds. The Morgan fingerprint density at radius 3 is 2.53 bits per heavy atom. The van der Waals surface area contributed by atoms with E-state index in [-0.39, 0.29) is 0 Å². The quantitative estimate of drug-likeness (QED) is 0.482. The van der Waals surface area contributed by atoms with Crippen LogP contribution in [0.15, 0.2) is 36.9 Å². The SMILES string of the molecule is C=CCc1ccc(OCCCCC)cc1. The fourth-order valence-corrected chi connectivity index (χ4v) is 1.43. The predicted molar refractivity (Wildman–Crippen MR) is 65.4 cm³/mol. The first-order valence-corrected chi connectivity index (χ1v) is 5.69. The van der Waals surface area contributed by atoms with E-state index in [2.05, 4.69) is 25.6 Å². The van der Waals surface area contributed by atoms with Gasteiger partial charge in [-0.1, -0.05) is 38.0 Å². The van der Waals surface area contributed by atoms with Gasteiger partial charge in [-0.15, -0.1) is 6.58 Å². The van der Waals surface area contributed by atoms with Crippen LogP contribution in [0.4, 0.5) is 0 Å². The Bertz CT molecular complexity index is 274. The third-order valence-electron chi connectivity index (χ3n) is 2.32. The second kappa shape index (κ2) is 7.10. The number of rotatable bonds is 7. The number of allylic oxidation sites excluding steroid dienone is 1. The lowest BCUT2D eigenvalue weighted by Gasteiger charge is -2.06. The van der Waals surface area contributed by atoms with Gasteiger partial charge in [0.25, 0.3) is 0 Å². The molecule has 1 aromatic carbocycles. The van der Waals surface area contributed by atoms with Gasteiger partial charge in [-0.3, -0.25) is 0 Å². The molecule has 0 spiro atoms. The maximum absolute atomic E-state index is 5.62. The summed E-state index contributed by atoms with van der Waals surface area (Å²) in [5, 5.41) is 0. The summed E-state index contributed by atoms with van der Waals surface area (Å²) >= 11 is 0. The van der Waals surface area contributed by atoms with Gasteiger partial charge in [-0.2, -0.15) is 0 Å². The average molecular weight is 204 g/mol. The Labute approximate surface area is 92.8 Å². The van der Waals surface area contributed by atoms with Crippen LogP contribution in [-0.2, 0) is 6.42 Å². The van der Waals surface area contributed by atoms with Crippen LogP contribution in [0, 0.1) is 0 Å². The van der Waals surface area contributed by atoms with Gasteiger partial charge in [0.2, 0.25) is 0 Å². The normalized spacial score (nSPS) is 9.93. The van der Waals surface area contributed by atoms with Gasteiger partial charge in [-0.05, 0) is 30.5 Å². The molecule has 1 heteroatoms. The highest BCUT2D eigenvalue weighted by Crippen LogP contribution is 2.13. The van der Waals surface area contributed by atoms with Crippen molar-refractivity contribution in [3.8, 4) is 5.75 Å². The molecule has 0 bridgehead atoms. The number of hydrogen-bond acceptors (Lipinski definition) is 1. The van der Waals surface area contributed by atoms with Crippen molar-refractivity contribution in [1.82, 2.24) is 0 Å². The van der Waals surface area contributed by atoms with Gasteiger partial charge in [0.15, 0.2) is 0 Å². The zero-order valence-electron chi connectivity index (χ0n) is 9.54. The molecule has 0 aliphatic carbocycles. The fourth-order valence-electron chi connectivity index (χ4n) is 1.43. The van der Waals surface area contributed by atoms with Gasteiger partial charge >= 0.3 is 0 Å². The summed E-state index contributed by atoms with van der Waals surface area (Å²) < 4.78 is 5.62. The van der Waals surface area contributed by atoms with Crippen molar-refractivity contribution in [1.29, 1.82) is 0 Å². The van der Waals surface area contributed by atoms with Crippen molar-refractivity contribution in [2.45, 2.75) is 32.6 Å². The van der Waals surface area contributed by atoms with Crippen molar-refractivity contribution in [2.24, 2.45) is 0 Å². The minimum Gasteiger partial charge on any atom is -0.494 e. The molecule has 0 unspecified atom stereocenters. The topological polar surface area (TPSA) is 9.23 Å². The molecule has 0 saturated heterocycles. The molecule has 0 N–H and O–H groups in total. The van der Waals surface area contributed by atoms with E-state index in [9.17, 15) is 0 Å². The second-order valence-electron chi connectivity index (χ2n) is 3.69. The first kappa shape index (κ1) is 11.8. The Balaban J connectivity index is 2.32. The minimum atomic E-state index is 0.828. The first-order valence-electron chi connectivity index (χ1n) is 5.69. The van der Waals surface area contributed by atoms with Gasteiger partial charge in [0, 0.05) is 0 Å². The number of benzene rings is 1. The number of ether oxygens (including phenoxy) is 1. The van der Waals surface area contributed by atoms with Crippen LogP contribution in [-0.4, -0.2) is 6.61 Å². The van der Waals surface area contributed by atoms with Crippen LogP contribution < -0.4 is 4.74 Å². The standard InChI is InChI=1S/C14H20O/c1-3-5-6-12-15-14-10-8-13(7-4-2)9-11-14/h4,8-11H,2-3,5-7,12H2,1H3. The summed E-state index contributed by atoms with van der Waals surface area (Å²) in [5.41, 5.74) is 1.28. The van der Waals surface area contributed by atoms with E-state index >= 15 is 0 Å².